The van der Waals surface area contributed by atoms with E-state index in [2.05, 4.69) is 5.32 Å². The molecule has 7 nitrogen and oxygen atoms in total. The van der Waals surface area contributed by atoms with Gasteiger partial charge in [-0.25, -0.2) is 8.42 Å². The summed E-state index contributed by atoms with van der Waals surface area (Å²) >= 11 is 24.4. The van der Waals surface area contributed by atoms with Crippen LogP contribution in [0.4, 0.5) is 5.69 Å². The number of hydrogen-bond acceptors (Lipinski definition) is 4. The van der Waals surface area contributed by atoms with E-state index in [1.54, 1.807) is 37.3 Å². The molecule has 0 aliphatic heterocycles. The molecule has 1 atom stereocenters. The van der Waals surface area contributed by atoms with E-state index in [1.165, 1.54) is 41.3 Å². The normalized spacial score (nSPS) is 12.1. The Morgan fingerprint density at radius 3 is 2.23 bits per heavy atom. The van der Waals surface area contributed by atoms with Gasteiger partial charge in [-0.1, -0.05) is 71.9 Å². The number of carbonyl (C=O) groups excluding carboxylic acids is 2. The molecule has 0 aliphatic rings. The van der Waals surface area contributed by atoms with E-state index in [-0.39, 0.29) is 33.1 Å². The third-order valence-electron chi connectivity index (χ3n) is 6.11. The summed E-state index contributed by atoms with van der Waals surface area (Å²) in [6.07, 6.45) is 1.67. The van der Waals surface area contributed by atoms with E-state index in [1.807, 2.05) is 6.92 Å². The number of anilines is 1. The van der Waals surface area contributed by atoms with Crippen LogP contribution in [0.2, 0.25) is 20.1 Å². The summed E-state index contributed by atoms with van der Waals surface area (Å²) in [5.41, 5.74) is 0.802. The van der Waals surface area contributed by atoms with Gasteiger partial charge in [0.15, 0.2) is 0 Å². The minimum atomic E-state index is -4.24. The van der Waals surface area contributed by atoms with Gasteiger partial charge < -0.3 is 10.2 Å². The Morgan fingerprint density at radius 2 is 1.60 bits per heavy atom. The van der Waals surface area contributed by atoms with Crippen LogP contribution in [0.25, 0.3) is 0 Å². The minimum Gasteiger partial charge on any atom is -0.354 e. The summed E-state index contributed by atoms with van der Waals surface area (Å²) in [5.74, 6) is -0.974. The molecular formula is C28H29Cl4N3O4S. The molecule has 0 fully saturated rings. The monoisotopic (exact) mass is 643 g/mol. The maximum absolute atomic E-state index is 13.9. The van der Waals surface area contributed by atoms with Crippen molar-refractivity contribution < 1.29 is 18.0 Å². The number of sulfonamides is 1. The molecule has 214 valence electrons. The Kier molecular flexibility index (Phi) is 11.5. The fraction of sp³-hybridized carbons (Fsp3) is 0.286. The van der Waals surface area contributed by atoms with E-state index < -0.39 is 28.5 Å². The lowest BCUT2D eigenvalue weighted by Crippen LogP contribution is -2.51. The molecule has 0 heterocycles. The summed E-state index contributed by atoms with van der Waals surface area (Å²) in [5, 5.41) is 4.12. The first-order valence-electron chi connectivity index (χ1n) is 12.5. The first-order chi connectivity index (χ1) is 18.9. The molecule has 40 heavy (non-hydrogen) atoms. The molecule has 2 amide bonds. The van der Waals surface area contributed by atoms with E-state index in [0.29, 0.717) is 22.2 Å². The van der Waals surface area contributed by atoms with Crippen molar-refractivity contribution in [1.29, 1.82) is 0 Å². The van der Waals surface area contributed by atoms with Gasteiger partial charge in [0.25, 0.3) is 10.0 Å². The van der Waals surface area contributed by atoms with Gasteiger partial charge in [0.05, 0.1) is 20.6 Å². The Hall–Kier alpha value is -2.49. The van der Waals surface area contributed by atoms with Crippen LogP contribution in [0.1, 0.15) is 32.3 Å². The number of carbonyl (C=O) groups is 2. The molecule has 0 saturated carbocycles. The molecule has 0 aromatic heterocycles. The molecule has 12 heteroatoms. The predicted octanol–water partition coefficient (Wildman–Crippen LogP) is 6.83. The summed E-state index contributed by atoms with van der Waals surface area (Å²) in [7, 11) is -4.24. The maximum Gasteiger partial charge on any atom is 0.264 e. The van der Waals surface area contributed by atoms with Gasteiger partial charge in [0.2, 0.25) is 11.8 Å². The highest BCUT2D eigenvalue weighted by Crippen LogP contribution is 2.28. The largest absolute Gasteiger partial charge is 0.354 e. The van der Waals surface area contributed by atoms with Crippen molar-refractivity contribution in [3.8, 4) is 0 Å². The van der Waals surface area contributed by atoms with Crippen molar-refractivity contribution in [3.63, 3.8) is 0 Å². The number of benzene rings is 3. The van der Waals surface area contributed by atoms with Gasteiger partial charge in [-0.05, 0) is 73.5 Å². The van der Waals surface area contributed by atoms with Gasteiger partial charge >= 0.3 is 0 Å². The van der Waals surface area contributed by atoms with E-state index in [0.717, 1.165) is 17.1 Å². The summed E-state index contributed by atoms with van der Waals surface area (Å²) in [6, 6.07) is 15.8. The van der Waals surface area contributed by atoms with Crippen molar-refractivity contribution >= 4 is 73.9 Å². The van der Waals surface area contributed by atoms with Crippen LogP contribution in [-0.4, -0.2) is 44.3 Å². The molecular weight excluding hydrogens is 616 g/mol. The van der Waals surface area contributed by atoms with Gasteiger partial charge in [0.1, 0.15) is 12.6 Å². The molecule has 0 aliphatic carbocycles. The topological polar surface area (TPSA) is 86.8 Å². The lowest BCUT2D eigenvalue weighted by Gasteiger charge is -2.32. The molecule has 0 bridgehead atoms. The standard InChI is InChI=1S/C28H29Cl4N3O4S/c1-3-4-14-33-28(37)19(2)34(17-20-8-13-25(31)26(32)15-20)27(36)18-35(23-7-5-6-22(30)16-23)40(38,39)24-11-9-21(29)10-12-24/h5-13,15-16,19H,3-4,14,17-18H2,1-2H3,(H,33,37)/t19-/m1/s1. The van der Waals surface area contributed by atoms with Gasteiger partial charge in [-0.15, -0.1) is 0 Å². The van der Waals surface area contributed by atoms with Crippen molar-refractivity contribution in [1.82, 2.24) is 10.2 Å². The molecule has 3 rings (SSSR count). The van der Waals surface area contributed by atoms with Crippen LogP contribution in [-0.2, 0) is 26.2 Å². The first-order valence-corrected chi connectivity index (χ1v) is 15.4. The number of nitrogens with one attached hydrogen (secondary N) is 1. The minimum absolute atomic E-state index is 0.0114. The van der Waals surface area contributed by atoms with Crippen LogP contribution in [0, 0.1) is 0 Å². The first kappa shape index (κ1) is 32.0. The Bertz CT molecular complexity index is 1450. The van der Waals surface area contributed by atoms with Crippen molar-refractivity contribution in [2.24, 2.45) is 0 Å². The van der Waals surface area contributed by atoms with E-state index in [4.69, 9.17) is 46.4 Å². The van der Waals surface area contributed by atoms with Crippen LogP contribution in [0.15, 0.2) is 71.6 Å². The third-order valence-corrected chi connectivity index (χ3v) is 9.12. The smallest absolute Gasteiger partial charge is 0.264 e. The summed E-state index contributed by atoms with van der Waals surface area (Å²) < 4.78 is 28.5. The molecule has 0 radical (unpaired) electrons. The number of nitrogens with zero attached hydrogens (tertiary/aromatic N) is 2. The fourth-order valence-electron chi connectivity index (χ4n) is 3.85. The molecule has 0 saturated heterocycles. The zero-order chi connectivity index (χ0) is 29.4. The maximum atomic E-state index is 13.9. The molecule has 3 aromatic rings. The Morgan fingerprint density at radius 1 is 0.900 bits per heavy atom. The number of amides is 2. The van der Waals surface area contributed by atoms with Crippen molar-refractivity contribution in [3.05, 3.63) is 92.4 Å². The van der Waals surface area contributed by atoms with Crippen LogP contribution < -0.4 is 9.62 Å². The zero-order valence-electron chi connectivity index (χ0n) is 21.9. The molecule has 0 unspecified atom stereocenters. The molecule has 1 N–H and O–H groups in total. The number of unbranched alkanes of at least 4 members (excludes halogenated alkanes) is 1. The van der Waals surface area contributed by atoms with Gasteiger partial charge in [-0.3, -0.25) is 13.9 Å². The summed E-state index contributed by atoms with van der Waals surface area (Å²) in [6.45, 7) is 3.44. The second-order valence-corrected chi connectivity index (χ2v) is 12.6. The van der Waals surface area contributed by atoms with E-state index >= 15 is 0 Å². The average Bonchev–Trinajstić information content (AvgIpc) is 2.92. The summed E-state index contributed by atoms with van der Waals surface area (Å²) in [4.78, 5) is 28.2. The molecule has 0 spiro atoms. The van der Waals surface area contributed by atoms with Crippen molar-refractivity contribution in [2.75, 3.05) is 17.4 Å². The highest BCUT2D eigenvalue weighted by atomic mass is 35.5. The molecule has 3 aromatic carbocycles. The highest BCUT2D eigenvalue weighted by Gasteiger charge is 2.32. The fourth-order valence-corrected chi connectivity index (χ4v) is 5.88. The lowest BCUT2D eigenvalue weighted by atomic mass is 10.1. The van der Waals surface area contributed by atoms with Crippen molar-refractivity contribution in [2.45, 2.75) is 44.2 Å². The number of hydrogen-bond donors (Lipinski definition) is 1. The Labute approximate surface area is 255 Å². The van der Waals surface area contributed by atoms with Crippen LogP contribution in [0.3, 0.4) is 0 Å². The average molecular weight is 645 g/mol. The van der Waals surface area contributed by atoms with Crippen LogP contribution >= 0.6 is 46.4 Å². The number of rotatable bonds is 12. The number of halogens is 4. The lowest BCUT2D eigenvalue weighted by molar-refractivity contribution is -0.139. The van der Waals surface area contributed by atoms with E-state index in [9.17, 15) is 18.0 Å². The van der Waals surface area contributed by atoms with Crippen LogP contribution in [0.5, 0.6) is 0 Å². The van der Waals surface area contributed by atoms with Gasteiger partial charge in [-0.2, -0.15) is 0 Å². The second kappa shape index (κ2) is 14.4. The van der Waals surface area contributed by atoms with Gasteiger partial charge in [0, 0.05) is 23.1 Å². The predicted molar refractivity (Wildman–Crippen MR) is 162 cm³/mol. The third kappa shape index (κ3) is 8.27. The second-order valence-electron chi connectivity index (χ2n) is 9.04. The SMILES string of the molecule is CCCCNC(=O)[C@@H](C)N(Cc1ccc(Cl)c(Cl)c1)C(=O)CN(c1cccc(Cl)c1)S(=O)(=O)c1ccc(Cl)cc1. The quantitative estimate of drug-likeness (QED) is 0.219. The zero-order valence-corrected chi connectivity index (χ0v) is 25.8. The Balaban J connectivity index is 2.01. The highest BCUT2D eigenvalue weighted by molar-refractivity contribution is 7.92.